The number of aryl methyl sites for hydroxylation is 2. The van der Waals surface area contributed by atoms with Crippen molar-refractivity contribution < 1.29 is 27.1 Å². The van der Waals surface area contributed by atoms with Crippen molar-refractivity contribution in [2.24, 2.45) is 5.41 Å². The van der Waals surface area contributed by atoms with Gasteiger partial charge >= 0.3 is 17.2 Å². The first-order chi connectivity index (χ1) is 17.1. The van der Waals surface area contributed by atoms with Crippen LogP contribution in [0.5, 0.6) is 0 Å². The zero-order chi connectivity index (χ0) is 24.1. The zero-order valence-corrected chi connectivity index (χ0v) is 21.8. The molecule has 6 nitrogen and oxygen atoms in total. The van der Waals surface area contributed by atoms with Crippen LogP contribution in [-0.2, 0) is 33.7 Å². The Bertz CT molecular complexity index is 1020. The minimum atomic E-state index is -1.50. The van der Waals surface area contributed by atoms with Gasteiger partial charge in [0.1, 0.15) is 6.10 Å². The standard InChI is InChI=1S/C27H30O6P2/c1-21-10-9-11-22(2)25(21)16-28-34-29-17-27(18-30-34)19-31-35(32-20-27)33-26(23-12-5-3-6-13-23)24-14-7-4-8-15-24/h3-15,26H,16-20H2,1-2H3. The molecule has 3 aromatic rings. The summed E-state index contributed by atoms with van der Waals surface area (Å²) >= 11 is 0. The molecule has 2 fully saturated rings. The Hall–Kier alpha value is -1.72. The third-order valence-electron chi connectivity index (χ3n) is 6.26. The molecule has 0 unspecified atom stereocenters. The predicted molar refractivity (Wildman–Crippen MR) is 137 cm³/mol. The Labute approximate surface area is 209 Å². The molecule has 0 aromatic heterocycles. The van der Waals surface area contributed by atoms with E-state index < -0.39 is 17.2 Å². The van der Waals surface area contributed by atoms with Crippen LogP contribution >= 0.6 is 17.2 Å². The van der Waals surface area contributed by atoms with E-state index in [9.17, 15) is 0 Å². The number of hydrogen-bond acceptors (Lipinski definition) is 6. The van der Waals surface area contributed by atoms with Crippen molar-refractivity contribution in [3.8, 4) is 0 Å². The fourth-order valence-electron chi connectivity index (χ4n) is 4.07. The van der Waals surface area contributed by atoms with E-state index in [1.807, 2.05) is 36.4 Å². The second-order valence-corrected chi connectivity index (χ2v) is 11.4. The van der Waals surface area contributed by atoms with Gasteiger partial charge in [-0.1, -0.05) is 78.9 Å². The molecule has 8 heteroatoms. The lowest BCUT2D eigenvalue weighted by Gasteiger charge is -2.42. The van der Waals surface area contributed by atoms with Crippen LogP contribution in [0.15, 0.2) is 78.9 Å². The summed E-state index contributed by atoms with van der Waals surface area (Å²) in [5.41, 5.74) is 5.37. The molecule has 0 amide bonds. The first-order valence-electron chi connectivity index (χ1n) is 11.7. The minimum Gasteiger partial charge on any atom is -0.311 e. The highest BCUT2D eigenvalue weighted by atomic mass is 31.2. The van der Waals surface area contributed by atoms with Crippen molar-refractivity contribution >= 4 is 17.2 Å². The van der Waals surface area contributed by atoms with Crippen LogP contribution in [0.2, 0.25) is 0 Å². The normalized spacial score (nSPS) is 24.7. The fourth-order valence-corrected chi connectivity index (χ4v) is 6.66. The van der Waals surface area contributed by atoms with Crippen LogP contribution in [0.3, 0.4) is 0 Å². The first-order valence-corrected chi connectivity index (χ1v) is 13.9. The van der Waals surface area contributed by atoms with E-state index in [2.05, 4.69) is 56.3 Å². The predicted octanol–water partition coefficient (Wildman–Crippen LogP) is 7.16. The lowest BCUT2D eigenvalue weighted by Crippen LogP contribution is -2.44. The number of rotatable bonds is 7. The molecule has 0 radical (unpaired) electrons. The molecule has 2 heterocycles. The molecular formula is C27H30O6P2. The van der Waals surface area contributed by atoms with E-state index in [1.165, 1.54) is 16.7 Å². The van der Waals surface area contributed by atoms with Gasteiger partial charge in [0.05, 0.1) is 38.4 Å². The smallest absolute Gasteiger partial charge is 0.311 e. The van der Waals surface area contributed by atoms with Crippen LogP contribution in [0.25, 0.3) is 0 Å². The van der Waals surface area contributed by atoms with Gasteiger partial charge in [0.2, 0.25) is 0 Å². The number of benzene rings is 3. The maximum atomic E-state index is 6.35. The molecule has 0 atom stereocenters. The number of hydrogen-bond donors (Lipinski definition) is 0. The highest BCUT2D eigenvalue weighted by Crippen LogP contribution is 2.55. The summed E-state index contributed by atoms with van der Waals surface area (Å²) in [4.78, 5) is 0. The molecule has 184 valence electrons. The highest BCUT2D eigenvalue weighted by molar-refractivity contribution is 7.42. The lowest BCUT2D eigenvalue weighted by atomic mass is 9.93. The molecule has 2 aliphatic heterocycles. The van der Waals surface area contributed by atoms with Gasteiger partial charge in [-0.05, 0) is 41.7 Å². The fraction of sp³-hybridized carbons (Fsp3) is 0.333. The van der Waals surface area contributed by atoms with E-state index in [1.54, 1.807) is 0 Å². The van der Waals surface area contributed by atoms with E-state index in [0.717, 1.165) is 11.1 Å². The molecular weight excluding hydrogens is 482 g/mol. The Balaban J connectivity index is 1.14. The average molecular weight is 512 g/mol. The molecule has 3 aromatic carbocycles. The van der Waals surface area contributed by atoms with Crippen molar-refractivity contribution in [1.29, 1.82) is 0 Å². The lowest BCUT2D eigenvalue weighted by molar-refractivity contribution is -0.0786. The summed E-state index contributed by atoms with van der Waals surface area (Å²) in [5, 5.41) is 0. The molecule has 0 bridgehead atoms. The summed E-state index contributed by atoms with van der Waals surface area (Å²) < 4.78 is 36.3. The zero-order valence-electron chi connectivity index (χ0n) is 20.0. The highest BCUT2D eigenvalue weighted by Gasteiger charge is 2.44. The third-order valence-corrected chi connectivity index (χ3v) is 8.34. The summed E-state index contributed by atoms with van der Waals surface area (Å²) in [5.74, 6) is 0. The van der Waals surface area contributed by atoms with Gasteiger partial charge in [0, 0.05) is 0 Å². The van der Waals surface area contributed by atoms with Gasteiger partial charge in [0.25, 0.3) is 0 Å². The monoisotopic (exact) mass is 512 g/mol. The van der Waals surface area contributed by atoms with E-state index in [-0.39, 0.29) is 11.5 Å². The van der Waals surface area contributed by atoms with E-state index in [4.69, 9.17) is 27.1 Å². The van der Waals surface area contributed by atoms with Gasteiger partial charge in [0.15, 0.2) is 0 Å². The minimum absolute atomic E-state index is 0.262. The molecule has 1 spiro atoms. The summed E-state index contributed by atoms with van der Waals surface area (Å²) in [7, 11) is -2.90. The second-order valence-electron chi connectivity index (χ2n) is 8.99. The molecule has 0 N–H and O–H groups in total. The van der Waals surface area contributed by atoms with Gasteiger partial charge in [-0.2, -0.15) is 0 Å². The van der Waals surface area contributed by atoms with Crippen molar-refractivity contribution in [3.63, 3.8) is 0 Å². The topological polar surface area (TPSA) is 55.4 Å². The SMILES string of the molecule is Cc1cccc(C)c1COP1OCC2(CO1)COP(OC(c1ccccc1)c1ccccc1)OC2. The van der Waals surface area contributed by atoms with Crippen LogP contribution in [-0.4, -0.2) is 26.4 Å². The molecule has 0 saturated carbocycles. The van der Waals surface area contributed by atoms with Gasteiger partial charge in [-0.15, -0.1) is 0 Å². The molecule has 2 aliphatic rings. The maximum absolute atomic E-state index is 6.35. The average Bonchev–Trinajstić information content (AvgIpc) is 2.90. The van der Waals surface area contributed by atoms with Crippen LogP contribution in [0, 0.1) is 19.3 Å². The first kappa shape index (κ1) is 25.0. The Morgan fingerprint density at radius 3 is 1.69 bits per heavy atom. The van der Waals surface area contributed by atoms with Gasteiger partial charge in [-0.3, -0.25) is 4.52 Å². The van der Waals surface area contributed by atoms with Crippen molar-refractivity contribution in [3.05, 3.63) is 107 Å². The largest absolute Gasteiger partial charge is 0.333 e. The Morgan fingerprint density at radius 1 is 0.686 bits per heavy atom. The molecule has 2 saturated heterocycles. The van der Waals surface area contributed by atoms with Crippen LogP contribution in [0.1, 0.15) is 33.9 Å². The Kier molecular flexibility index (Phi) is 8.24. The summed E-state index contributed by atoms with van der Waals surface area (Å²) in [6, 6.07) is 26.5. The van der Waals surface area contributed by atoms with Crippen molar-refractivity contribution in [2.75, 3.05) is 26.4 Å². The quantitative estimate of drug-likeness (QED) is 0.313. The van der Waals surface area contributed by atoms with Crippen molar-refractivity contribution in [1.82, 2.24) is 0 Å². The summed E-state index contributed by atoms with van der Waals surface area (Å²) in [6.45, 7) is 6.50. The molecule has 0 aliphatic carbocycles. The second kappa shape index (κ2) is 11.6. The van der Waals surface area contributed by atoms with Crippen LogP contribution < -0.4 is 0 Å². The van der Waals surface area contributed by atoms with Crippen molar-refractivity contribution in [2.45, 2.75) is 26.6 Å². The van der Waals surface area contributed by atoms with E-state index >= 15 is 0 Å². The van der Waals surface area contributed by atoms with Gasteiger partial charge in [-0.25, -0.2) is 0 Å². The van der Waals surface area contributed by atoms with Crippen LogP contribution in [0.4, 0.5) is 0 Å². The third kappa shape index (κ3) is 6.17. The molecule has 5 rings (SSSR count). The molecule has 35 heavy (non-hydrogen) atoms. The van der Waals surface area contributed by atoms with E-state index in [0.29, 0.717) is 33.0 Å². The Morgan fingerprint density at radius 2 is 1.17 bits per heavy atom. The summed E-state index contributed by atoms with van der Waals surface area (Å²) in [6.07, 6.45) is -0.262. The maximum Gasteiger partial charge on any atom is 0.333 e. The van der Waals surface area contributed by atoms with Gasteiger partial charge < -0.3 is 22.6 Å².